The van der Waals surface area contributed by atoms with E-state index in [4.69, 9.17) is 4.74 Å². The Bertz CT molecular complexity index is 793. The zero-order valence-electron chi connectivity index (χ0n) is 14.6. The Balaban J connectivity index is 1.31. The van der Waals surface area contributed by atoms with Gasteiger partial charge in [-0.25, -0.2) is 4.39 Å². The molecule has 1 atom stereocenters. The van der Waals surface area contributed by atoms with Gasteiger partial charge in [-0.15, -0.1) is 11.8 Å². The number of rotatable bonds is 5. The van der Waals surface area contributed by atoms with E-state index in [-0.39, 0.29) is 11.6 Å². The second kappa shape index (κ2) is 7.80. The molecule has 3 nitrogen and oxygen atoms in total. The predicted octanol–water partition coefficient (Wildman–Crippen LogP) is 4.37. The molecular formula is C21H22FNO2S. The van der Waals surface area contributed by atoms with Gasteiger partial charge in [0.15, 0.2) is 5.78 Å². The molecule has 2 heterocycles. The zero-order chi connectivity index (χ0) is 17.9. The molecule has 26 heavy (non-hydrogen) atoms. The molecule has 0 bridgehead atoms. The molecule has 4 rings (SSSR count). The number of nitrogens with zero attached hydrogens (tertiary/aromatic N) is 1. The molecule has 1 saturated heterocycles. The fourth-order valence-corrected chi connectivity index (χ4v) is 4.53. The highest BCUT2D eigenvalue weighted by molar-refractivity contribution is 7.99. The van der Waals surface area contributed by atoms with Gasteiger partial charge in [0.25, 0.3) is 0 Å². The lowest BCUT2D eigenvalue weighted by Gasteiger charge is -2.18. The number of carbonyl (C=O) groups excluding carboxylic acids is 1. The summed E-state index contributed by atoms with van der Waals surface area (Å²) in [6, 6.07) is 12.6. The number of hydrogen-bond acceptors (Lipinski definition) is 4. The number of thioether (sulfide) groups is 1. The number of benzene rings is 2. The molecule has 0 aromatic heterocycles. The quantitative estimate of drug-likeness (QED) is 0.730. The number of likely N-dealkylation sites (tertiary alicyclic amines) is 1. The minimum absolute atomic E-state index is 0.184. The smallest absolute Gasteiger partial charge is 0.164 e. The number of ether oxygens (including phenoxy) is 1. The van der Waals surface area contributed by atoms with Crippen molar-refractivity contribution in [1.29, 1.82) is 0 Å². The van der Waals surface area contributed by atoms with Gasteiger partial charge in [0.05, 0.1) is 11.5 Å². The molecule has 2 aromatic rings. The Kier molecular flexibility index (Phi) is 5.27. The molecule has 2 aromatic carbocycles. The topological polar surface area (TPSA) is 29.5 Å². The minimum atomic E-state index is -0.192. The number of carbonyl (C=O) groups is 1. The van der Waals surface area contributed by atoms with Crippen LogP contribution in [0, 0.1) is 5.82 Å². The van der Waals surface area contributed by atoms with Crippen LogP contribution in [-0.4, -0.2) is 42.7 Å². The van der Waals surface area contributed by atoms with Crippen molar-refractivity contribution in [3.63, 3.8) is 0 Å². The number of halogens is 1. The largest absolute Gasteiger partial charge is 0.492 e. The van der Waals surface area contributed by atoms with Crippen LogP contribution in [0.15, 0.2) is 47.4 Å². The fourth-order valence-electron chi connectivity index (χ4n) is 3.66. The van der Waals surface area contributed by atoms with Crippen LogP contribution in [-0.2, 0) is 0 Å². The van der Waals surface area contributed by atoms with Crippen molar-refractivity contribution in [1.82, 2.24) is 4.90 Å². The summed E-state index contributed by atoms with van der Waals surface area (Å²) in [5.41, 5.74) is 1.96. The summed E-state index contributed by atoms with van der Waals surface area (Å²) in [5.74, 6) is 2.25. The summed E-state index contributed by atoms with van der Waals surface area (Å²) in [7, 11) is 0. The molecule has 0 saturated carbocycles. The molecule has 0 aliphatic carbocycles. The number of ketones is 1. The lowest BCUT2D eigenvalue weighted by atomic mass is 9.99. The average Bonchev–Trinajstić information content (AvgIpc) is 3.15. The van der Waals surface area contributed by atoms with Crippen molar-refractivity contribution in [3.05, 3.63) is 59.4 Å². The Hall–Kier alpha value is -1.85. The monoisotopic (exact) mass is 371 g/mol. The van der Waals surface area contributed by atoms with Gasteiger partial charge < -0.3 is 9.64 Å². The lowest BCUT2D eigenvalue weighted by molar-refractivity contribution is 0.0968. The van der Waals surface area contributed by atoms with Crippen LogP contribution in [0.25, 0.3) is 0 Å². The highest BCUT2D eigenvalue weighted by Gasteiger charge is 2.24. The van der Waals surface area contributed by atoms with Crippen LogP contribution >= 0.6 is 11.8 Å². The molecule has 1 unspecified atom stereocenters. The highest BCUT2D eigenvalue weighted by Crippen LogP contribution is 2.34. The van der Waals surface area contributed by atoms with Gasteiger partial charge in [0, 0.05) is 30.8 Å². The summed E-state index contributed by atoms with van der Waals surface area (Å²) in [6.45, 7) is 3.43. The summed E-state index contributed by atoms with van der Waals surface area (Å²) in [5, 5.41) is 0. The highest BCUT2D eigenvalue weighted by atomic mass is 32.2. The standard InChI is InChI=1S/C21H22FNO2S/c22-18-4-1-15(2-5-18)17-7-9-23(14-17)10-8-19(24)16-3-6-20-21(13-16)26-12-11-25-20/h1-6,13,17H,7-12,14H2. The maximum Gasteiger partial charge on any atom is 0.164 e. The molecule has 0 radical (unpaired) electrons. The Labute approximate surface area is 157 Å². The number of fused-ring (bicyclic) bond motifs is 1. The van der Waals surface area contributed by atoms with Crippen LogP contribution in [0.1, 0.15) is 34.7 Å². The van der Waals surface area contributed by atoms with Gasteiger partial charge in [-0.1, -0.05) is 12.1 Å². The van der Waals surface area contributed by atoms with Gasteiger partial charge in [0.1, 0.15) is 11.6 Å². The van der Waals surface area contributed by atoms with Gasteiger partial charge >= 0.3 is 0 Å². The first-order valence-electron chi connectivity index (χ1n) is 9.10. The second-order valence-electron chi connectivity index (χ2n) is 6.87. The minimum Gasteiger partial charge on any atom is -0.492 e. The summed E-state index contributed by atoms with van der Waals surface area (Å²) in [4.78, 5) is 16.0. The van der Waals surface area contributed by atoms with E-state index >= 15 is 0 Å². The van der Waals surface area contributed by atoms with Crippen molar-refractivity contribution >= 4 is 17.5 Å². The van der Waals surface area contributed by atoms with E-state index < -0.39 is 0 Å². The van der Waals surface area contributed by atoms with E-state index in [2.05, 4.69) is 4.90 Å². The molecule has 0 amide bonds. The molecule has 136 valence electrons. The maximum absolute atomic E-state index is 13.1. The van der Waals surface area contributed by atoms with Gasteiger partial charge in [-0.2, -0.15) is 0 Å². The van der Waals surface area contributed by atoms with Gasteiger partial charge in [-0.05, 0) is 54.8 Å². The normalized spacial score (nSPS) is 19.8. The lowest BCUT2D eigenvalue weighted by Crippen LogP contribution is -2.23. The molecule has 1 fully saturated rings. The van der Waals surface area contributed by atoms with Crippen molar-refractivity contribution < 1.29 is 13.9 Å². The Morgan fingerprint density at radius 2 is 2.08 bits per heavy atom. The van der Waals surface area contributed by atoms with E-state index in [1.807, 2.05) is 30.3 Å². The van der Waals surface area contributed by atoms with Crippen molar-refractivity contribution in [2.75, 3.05) is 32.0 Å². The second-order valence-corrected chi connectivity index (χ2v) is 8.01. The van der Waals surface area contributed by atoms with Crippen molar-refractivity contribution in [2.24, 2.45) is 0 Å². The summed E-state index contributed by atoms with van der Waals surface area (Å²) in [6.07, 6.45) is 1.59. The van der Waals surface area contributed by atoms with Crippen molar-refractivity contribution in [3.8, 4) is 5.75 Å². The molecule has 0 N–H and O–H groups in total. The van der Waals surface area contributed by atoms with Gasteiger partial charge in [-0.3, -0.25) is 4.79 Å². The van der Waals surface area contributed by atoms with E-state index in [1.54, 1.807) is 11.8 Å². The van der Waals surface area contributed by atoms with Crippen molar-refractivity contribution in [2.45, 2.75) is 23.7 Å². The van der Waals surface area contributed by atoms with E-state index in [0.29, 0.717) is 12.3 Å². The van der Waals surface area contributed by atoms with E-state index in [0.717, 1.165) is 54.6 Å². The molecule has 5 heteroatoms. The predicted molar refractivity (Wildman–Crippen MR) is 102 cm³/mol. The third-order valence-corrected chi connectivity index (χ3v) is 6.13. The third kappa shape index (κ3) is 3.94. The van der Waals surface area contributed by atoms with Crippen LogP contribution in [0.5, 0.6) is 5.75 Å². The van der Waals surface area contributed by atoms with E-state index in [9.17, 15) is 9.18 Å². The maximum atomic E-state index is 13.1. The first-order chi connectivity index (χ1) is 12.7. The molecule has 2 aliphatic heterocycles. The van der Waals surface area contributed by atoms with Gasteiger partial charge in [0.2, 0.25) is 0 Å². The Morgan fingerprint density at radius 1 is 1.23 bits per heavy atom. The van der Waals surface area contributed by atoms with Crippen LogP contribution in [0.4, 0.5) is 4.39 Å². The molecule has 2 aliphatic rings. The SMILES string of the molecule is O=C(CCN1CCC(c2ccc(F)cc2)C1)c1ccc2c(c1)SCCO2. The number of Topliss-reactive ketones (excluding diaryl/α,β-unsaturated/α-hetero) is 1. The first-order valence-corrected chi connectivity index (χ1v) is 10.1. The summed E-state index contributed by atoms with van der Waals surface area (Å²) < 4.78 is 18.7. The number of hydrogen-bond donors (Lipinski definition) is 0. The van der Waals surface area contributed by atoms with Crippen LogP contribution < -0.4 is 4.74 Å². The first kappa shape index (κ1) is 17.6. The van der Waals surface area contributed by atoms with E-state index in [1.165, 1.54) is 17.7 Å². The third-order valence-electron chi connectivity index (χ3n) is 5.13. The molecular weight excluding hydrogens is 349 g/mol. The zero-order valence-corrected chi connectivity index (χ0v) is 15.4. The average molecular weight is 371 g/mol. The fraction of sp³-hybridized carbons (Fsp3) is 0.381. The van der Waals surface area contributed by atoms with Crippen LogP contribution in [0.3, 0.4) is 0 Å². The van der Waals surface area contributed by atoms with Crippen LogP contribution in [0.2, 0.25) is 0 Å². The molecule has 0 spiro atoms. The summed E-state index contributed by atoms with van der Waals surface area (Å²) >= 11 is 1.75. The Morgan fingerprint density at radius 3 is 2.92 bits per heavy atom.